The van der Waals surface area contributed by atoms with Gasteiger partial charge in [0.15, 0.2) is 0 Å². The Kier molecular flexibility index (Phi) is 3.96. The molecule has 17 heavy (non-hydrogen) atoms. The van der Waals surface area contributed by atoms with E-state index in [1.807, 2.05) is 24.3 Å². The van der Waals surface area contributed by atoms with Crippen LogP contribution in [0, 0.1) is 0 Å². The molecule has 88 valence electrons. The first kappa shape index (κ1) is 11.9. The van der Waals surface area contributed by atoms with E-state index in [2.05, 4.69) is 10.3 Å². The lowest BCUT2D eigenvalue weighted by Crippen LogP contribution is -2.01. The summed E-state index contributed by atoms with van der Waals surface area (Å²) in [7, 11) is 0. The summed E-state index contributed by atoms with van der Waals surface area (Å²) in [5, 5.41) is 12.7. The first-order chi connectivity index (χ1) is 8.29. The van der Waals surface area contributed by atoms with Crippen LogP contribution in [0.3, 0.4) is 0 Å². The number of halogens is 1. The van der Waals surface area contributed by atoms with Crippen molar-refractivity contribution in [2.45, 2.75) is 13.2 Å². The van der Waals surface area contributed by atoms with Gasteiger partial charge in [-0.25, -0.2) is 4.98 Å². The highest BCUT2D eigenvalue weighted by molar-refractivity contribution is 6.32. The average Bonchev–Trinajstić information content (AvgIpc) is 2.38. The SMILES string of the molecule is OCc1ccc(CNc2ncccc2Cl)cc1. The van der Waals surface area contributed by atoms with E-state index in [0.717, 1.165) is 11.1 Å². The summed E-state index contributed by atoms with van der Waals surface area (Å²) in [6.45, 7) is 0.724. The van der Waals surface area contributed by atoms with Crippen LogP contribution in [0.15, 0.2) is 42.6 Å². The minimum absolute atomic E-state index is 0.0692. The molecule has 0 fully saturated rings. The molecule has 1 aromatic carbocycles. The number of aromatic nitrogens is 1. The summed E-state index contributed by atoms with van der Waals surface area (Å²) in [4.78, 5) is 4.14. The summed E-state index contributed by atoms with van der Waals surface area (Å²) in [6, 6.07) is 11.3. The number of rotatable bonds is 4. The molecule has 0 aliphatic carbocycles. The van der Waals surface area contributed by atoms with Crippen LogP contribution in [0.4, 0.5) is 5.82 Å². The molecule has 0 radical (unpaired) electrons. The molecule has 2 rings (SSSR count). The summed E-state index contributed by atoms with van der Waals surface area (Å²) < 4.78 is 0. The normalized spacial score (nSPS) is 10.2. The lowest BCUT2D eigenvalue weighted by atomic mass is 10.1. The van der Waals surface area contributed by atoms with Gasteiger partial charge in [-0.2, -0.15) is 0 Å². The van der Waals surface area contributed by atoms with E-state index in [0.29, 0.717) is 17.4 Å². The zero-order valence-corrected chi connectivity index (χ0v) is 9.98. The molecule has 0 bridgehead atoms. The molecule has 0 amide bonds. The molecule has 4 heteroatoms. The van der Waals surface area contributed by atoms with Crippen LogP contribution in [0.1, 0.15) is 11.1 Å². The topological polar surface area (TPSA) is 45.1 Å². The number of hydrogen-bond donors (Lipinski definition) is 2. The minimum Gasteiger partial charge on any atom is -0.392 e. The van der Waals surface area contributed by atoms with E-state index in [1.165, 1.54) is 0 Å². The number of anilines is 1. The fourth-order valence-electron chi connectivity index (χ4n) is 1.46. The molecular formula is C13H13ClN2O. The molecule has 3 nitrogen and oxygen atoms in total. The van der Waals surface area contributed by atoms with Gasteiger partial charge in [0, 0.05) is 12.7 Å². The van der Waals surface area contributed by atoms with Crippen LogP contribution in [-0.4, -0.2) is 10.1 Å². The highest BCUT2D eigenvalue weighted by atomic mass is 35.5. The van der Waals surface area contributed by atoms with E-state index >= 15 is 0 Å². The summed E-state index contributed by atoms with van der Waals surface area (Å²) >= 11 is 5.98. The molecule has 0 atom stereocenters. The summed E-state index contributed by atoms with van der Waals surface area (Å²) in [6.07, 6.45) is 1.70. The molecule has 1 aromatic heterocycles. The predicted molar refractivity (Wildman–Crippen MR) is 68.9 cm³/mol. The maximum atomic E-state index is 8.93. The number of pyridine rings is 1. The van der Waals surface area contributed by atoms with E-state index in [-0.39, 0.29) is 6.61 Å². The fraction of sp³-hybridized carbons (Fsp3) is 0.154. The number of nitrogens with zero attached hydrogens (tertiary/aromatic N) is 1. The molecular weight excluding hydrogens is 236 g/mol. The number of nitrogens with one attached hydrogen (secondary N) is 1. The lowest BCUT2D eigenvalue weighted by molar-refractivity contribution is 0.282. The zero-order chi connectivity index (χ0) is 12.1. The lowest BCUT2D eigenvalue weighted by Gasteiger charge is -2.07. The molecule has 0 saturated heterocycles. The van der Waals surface area contributed by atoms with Crippen molar-refractivity contribution in [3.05, 3.63) is 58.7 Å². The number of aliphatic hydroxyl groups excluding tert-OH is 1. The Bertz CT molecular complexity index is 485. The van der Waals surface area contributed by atoms with Gasteiger partial charge in [0.25, 0.3) is 0 Å². The zero-order valence-electron chi connectivity index (χ0n) is 9.23. The van der Waals surface area contributed by atoms with Crippen molar-refractivity contribution in [3.8, 4) is 0 Å². The van der Waals surface area contributed by atoms with E-state index in [4.69, 9.17) is 16.7 Å². The number of benzene rings is 1. The van der Waals surface area contributed by atoms with Crippen LogP contribution < -0.4 is 5.32 Å². The summed E-state index contributed by atoms with van der Waals surface area (Å²) in [5.41, 5.74) is 2.02. The molecule has 2 N–H and O–H groups in total. The standard InChI is InChI=1S/C13H13ClN2O/c14-12-2-1-7-15-13(12)16-8-10-3-5-11(9-17)6-4-10/h1-7,17H,8-9H2,(H,15,16). The Morgan fingerprint density at radius 3 is 2.47 bits per heavy atom. The van der Waals surface area contributed by atoms with E-state index in [1.54, 1.807) is 18.3 Å². The van der Waals surface area contributed by atoms with Crippen LogP contribution >= 0.6 is 11.6 Å². The largest absolute Gasteiger partial charge is 0.392 e. The second-order valence-electron chi connectivity index (χ2n) is 3.66. The van der Waals surface area contributed by atoms with Gasteiger partial charge in [-0.3, -0.25) is 0 Å². The van der Waals surface area contributed by atoms with Gasteiger partial charge in [-0.15, -0.1) is 0 Å². The molecule has 0 aliphatic rings. The second-order valence-corrected chi connectivity index (χ2v) is 4.07. The second kappa shape index (κ2) is 5.66. The molecule has 0 saturated carbocycles. The van der Waals surface area contributed by atoms with Gasteiger partial charge >= 0.3 is 0 Å². The number of aliphatic hydroxyl groups is 1. The van der Waals surface area contributed by atoms with Crippen molar-refractivity contribution in [2.75, 3.05) is 5.32 Å². The van der Waals surface area contributed by atoms with Crippen LogP contribution in [-0.2, 0) is 13.2 Å². The average molecular weight is 249 g/mol. The van der Waals surface area contributed by atoms with Crippen LogP contribution in [0.25, 0.3) is 0 Å². The third-order valence-electron chi connectivity index (χ3n) is 2.42. The van der Waals surface area contributed by atoms with E-state index < -0.39 is 0 Å². The van der Waals surface area contributed by atoms with Gasteiger partial charge in [-0.1, -0.05) is 35.9 Å². The number of hydrogen-bond acceptors (Lipinski definition) is 3. The molecule has 0 unspecified atom stereocenters. The first-order valence-electron chi connectivity index (χ1n) is 5.32. The first-order valence-corrected chi connectivity index (χ1v) is 5.70. The van der Waals surface area contributed by atoms with Crippen molar-refractivity contribution >= 4 is 17.4 Å². The van der Waals surface area contributed by atoms with Crippen molar-refractivity contribution in [3.63, 3.8) is 0 Å². The Hall–Kier alpha value is -1.58. The highest BCUT2D eigenvalue weighted by Crippen LogP contribution is 2.18. The Morgan fingerprint density at radius 1 is 1.12 bits per heavy atom. The Morgan fingerprint density at radius 2 is 1.82 bits per heavy atom. The third-order valence-corrected chi connectivity index (χ3v) is 2.73. The van der Waals surface area contributed by atoms with Gasteiger partial charge in [0.1, 0.15) is 5.82 Å². The van der Waals surface area contributed by atoms with E-state index in [9.17, 15) is 0 Å². The monoisotopic (exact) mass is 248 g/mol. The third kappa shape index (κ3) is 3.19. The van der Waals surface area contributed by atoms with Gasteiger partial charge in [0.05, 0.1) is 11.6 Å². The smallest absolute Gasteiger partial charge is 0.145 e. The van der Waals surface area contributed by atoms with Gasteiger partial charge in [0.2, 0.25) is 0 Å². The predicted octanol–water partition coefficient (Wildman–Crippen LogP) is 2.84. The van der Waals surface area contributed by atoms with Gasteiger partial charge in [-0.05, 0) is 23.3 Å². The Labute approximate surface area is 105 Å². The van der Waals surface area contributed by atoms with Crippen molar-refractivity contribution in [1.29, 1.82) is 0 Å². The molecule has 2 aromatic rings. The fourth-order valence-corrected chi connectivity index (χ4v) is 1.65. The van der Waals surface area contributed by atoms with Crippen molar-refractivity contribution < 1.29 is 5.11 Å². The summed E-state index contributed by atoms with van der Waals surface area (Å²) in [5.74, 6) is 0.681. The van der Waals surface area contributed by atoms with Crippen LogP contribution in [0.2, 0.25) is 5.02 Å². The quantitative estimate of drug-likeness (QED) is 0.875. The Balaban J connectivity index is 2.00. The molecule has 0 aliphatic heterocycles. The van der Waals surface area contributed by atoms with Crippen molar-refractivity contribution in [1.82, 2.24) is 4.98 Å². The van der Waals surface area contributed by atoms with Gasteiger partial charge < -0.3 is 10.4 Å². The minimum atomic E-state index is 0.0692. The van der Waals surface area contributed by atoms with Crippen molar-refractivity contribution in [2.24, 2.45) is 0 Å². The highest BCUT2D eigenvalue weighted by Gasteiger charge is 1.99. The maximum absolute atomic E-state index is 8.93. The molecule has 0 spiro atoms. The van der Waals surface area contributed by atoms with Crippen LogP contribution in [0.5, 0.6) is 0 Å². The maximum Gasteiger partial charge on any atom is 0.145 e. The molecule has 1 heterocycles.